The number of ether oxygens (including phenoxy) is 2. The van der Waals surface area contributed by atoms with Crippen molar-refractivity contribution in [3.63, 3.8) is 0 Å². The van der Waals surface area contributed by atoms with Crippen molar-refractivity contribution in [3.05, 3.63) is 65.5 Å². The second-order valence-corrected chi connectivity index (χ2v) is 5.22. The average Bonchev–Trinajstić information content (AvgIpc) is 2.90. The van der Waals surface area contributed by atoms with Gasteiger partial charge >= 0.3 is 11.9 Å². The van der Waals surface area contributed by atoms with Crippen molar-refractivity contribution < 1.29 is 23.9 Å². The number of methoxy groups -OCH3 is 2. The normalized spacial score (nSPS) is 13.3. The van der Waals surface area contributed by atoms with Crippen molar-refractivity contribution in [2.24, 2.45) is 0 Å². The third kappa shape index (κ3) is 4.00. The molecule has 1 aromatic rings. The summed E-state index contributed by atoms with van der Waals surface area (Å²) in [5, 5.41) is 2.72. The Morgan fingerprint density at radius 3 is 2.23 bits per heavy atom. The summed E-state index contributed by atoms with van der Waals surface area (Å²) in [6, 6.07) is 6.63. The molecule has 1 aromatic carbocycles. The van der Waals surface area contributed by atoms with Crippen LogP contribution in [0.2, 0.25) is 0 Å². The molecule has 1 aliphatic rings. The van der Waals surface area contributed by atoms with Crippen LogP contribution in [0.5, 0.6) is 0 Å². The van der Waals surface area contributed by atoms with E-state index in [0.29, 0.717) is 17.8 Å². The number of rotatable bonds is 5. The molecule has 7 nitrogen and oxygen atoms in total. The van der Waals surface area contributed by atoms with Crippen LogP contribution in [-0.4, -0.2) is 38.6 Å². The highest BCUT2D eigenvalue weighted by molar-refractivity contribution is 6.05. The molecule has 1 aliphatic heterocycles. The number of carbonyl (C=O) groups excluding carboxylic acids is 3. The number of anilines is 1. The quantitative estimate of drug-likeness (QED) is 0.812. The Morgan fingerprint density at radius 1 is 1.00 bits per heavy atom. The van der Waals surface area contributed by atoms with E-state index in [2.05, 4.69) is 5.32 Å². The SMILES string of the molecule is CCNC(=O)c1ccc(N2C=CC=CC(C(=O)OC)=C2C(=O)OC)cc1. The molecule has 0 bridgehead atoms. The summed E-state index contributed by atoms with van der Waals surface area (Å²) in [7, 11) is 2.47. The average molecular weight is 356 g/mol. The Hall–Kier alpha value is -3.35. The van der Waals surface area contributed by atoms with E-state index in [4.69, 9.17) is 9.47 Å². The van der Waals surface area contributed by atoms with Crippen molar-refractivity contribution in [2.75, 3.05) is 25.7 Å². The number of hydrogen-bond donors (Lipinski definition) is 1. The Labute approximate surface area is 151 Å². The fourth-order valence-corrected chi connectivity index (χ4v) is 2.40. The van der Waals surface area contributed by atoms with Crippen molar-refractivity contribution in [2.45, 2.75) is 6.92 Å². The predicted octanol–water partition coefficient (Wildman–Crippen LogP) is 1.93. The van der Waals surface area contributed by atoms with E-state index in [1.54, 1.807) is 42.6 Å². The summed E-state index contributed by atoms with van der Waals surface area (Å²) in [5.41, 5.74) is 1.16. The molecule has 0 aliphatic carbocycles. The summed E-state index contributed by atoms with van der Waals surface area (Å²) in [6.07, 6.45) is 6.41. The number of nitrogens with zero attached hydrogens (tertiary/aromatic N) is 1. The predicted molar refractivity (Wildman–Crippen MR) is 96.3 cm³/mol. The van der Waals surface area contributed by atoms with Crippen LogP contribution < -0.4 is 10.2 Å². The van der Waals surface area contributed by atoms with E-state index in [1.807, 2.05) is 6.92 Å². The summed E-state index contributed by atoms with van der Waals surface area (Å²) in [6.45, 7) is 2.36. The third-order valence-corrected chi connectivity index (χ3v) is 3.63. The van der Waals surface area contributed by atoms with Gasteiger partial charge in [-0.05, 0) is 43.3 Å². The van der Waals surface area contributed by atoms with Crippen molar-refractivity contribution in [1.82, 2.24) is 5.32 Å². The van der Waals surface area contributed by atoms with Gasteiger partial charge in [-0.25, -0.2) is 9.59 Å². The van der Waals surface area contributed by atoms with Gasteiger partial charge in [0.15, 0.2) is 0 Å². The molecule has 0 saturated heterocycles. The monoisotopic (exact) mass is 356 g/mol. The minimum absolute atomic E-state index is 0.0232. The smallest absolute Gasteiger partial charge is 0.355 e. The first-order valence-electron chi connectivity index (χ1n) is 7.96. The van der Waals surface area contributed by atoms with Gasteiger partial charge in [-0.2, -0.15) is 0 Å². The van der Waals surface area contributed by atoms with Gasteiger partial charge in [-0.3, -0.25) is 4.79 Å². The van der Waals surface area contributed by atoms with Crippen LogP contribution in [0, 0.1) is 0 Å². The Morgan fingerprint density at radius 2 is 1.65 bits per heavy atom. The number of carbonyl (C=O) groups is 3. The van der Waals surface area contributed by atoms with Crippen LogP contribution in [-0.2, 0) is 19.1 Å². The summed E-state index contributed by atoms with van der Waals surface area (Å²) >= 11 is 0. The lowest BCUT2D eigenvalue weighted by Crippen LogP contribution is -2.27. The zero-order valence-corrected chi connectivity index (χ0v) is 14.8. The molecule has 7 heteroatoms. The Balaban J connectivity index is 2.49. The van der Waals surface area contributed by atoms with E-state index in [0.717, 1.165) is 0 Å². The van der Waals surface area contributed by atoms with Gasteiger partial charge in [0.1, 0.15) is 5.70 Å². The van der Waals surface area contributed by atoms with Gasteiger partial charge in [-0.15, -0.1) is 0 Å². The molecule has 0 radical (unpaired) electrons. The molecule has 1 amide bonds. The van der Waals surface area contributed by atoms with E-state index in [1.165, 1.54) is 25.2 Å². The first-order valence-corrected chi connectivity index (χ1v) is 7.96. The minimum Gasteiger partial charge on any atom is -0.465 e. The summed E-state index contributed by atoms with van der Waals surface area (Å²) in [4.78, 5) is 37.8. The number of nitrogens with one attached hydrogen (secondary N) is 1. The number of benzene rings is 1. The van der Waals surface area contributed by atoms with Gasteiger partial charge in [-0.1, -0.05) is 6.08 Å². The first kappa shape index (κ1) is 19.0. The molecular formula is C19H20N2O5. The van der Waals surface area contributed by atoms with Gasteiger partial charge in [0, 0.05) is 24.0 Å². The molecular weight excluding hydrogens is 336 g/mol. The van der Waals surface area contributed by atoms with Gasteiger partial charge in [0.05, 0.1) is 19.8 Å². The highest BCUT2D eigenvalue weighted by atomic mass is 16.5. The number of amides is 1. The molecule has 2 rings (SSSR count). The Kier molecular flexibility index (Phi) is 6.32. The molecule has 0 aromatic heterocycles. The van der Waals surface area contributed by atoms with Gasteiger partial charge in [0.2, 0.25) is 0 Å². The molecule has 0 atom stereocenters. The molecule has 136 valence electrons. The molecule has 0 fully saturated rings. The van der Waals surface area contributed by atoms with Gasteiger partial charge < -0.3 is 19.7 Å². The maximum absolute atomic E-state index is 12.3. The Bertz CT molecular complexity index is 791. The lowest BCUT2D eigenvalue weighted by Gasteiger charge is -2.23. The molecule has 1 heterocycles. The van der Waals surface area contributed by atoms with E-state index in [-0.39, 0.29) is 17.2 Å². The van der Waals surface area contributed by atoms with Crippen molar-refractivity contribution >= 4 is 23.5 Å². The van der Waals surface area contributed by atoms with E-state index < -0.39 is 11.9 Å². The van der Waals surface area contributed by atoms with Gasteiger partial charge in [0.25, 0.3) is 5.91 Å². The second kappa shape index (κ2) is 8.66. The summed E-state index contributed by atoms with van der Waals surface area (Å²) in [5.74, 6) is -1.53. The molecule has 26 heavy (non-hydrogen) atoms. The van der Waals surface area contributed by atoms with Crippen molar-refractivity contribution in [1.29, 1.82) is 0 Å². The molecule has 1 N–H and O–H groups in total. The molecule has 0 unspecified atom stereocenters. The topological polar surface area (TPSA) is 84.9 Å². The van der Waals surface area contributed by atoms with Crippen LogP contribution in [0.25, 0.3) is 0 Å². The fraction of sp³-hybridized carbons (Fsp3) is 0.211. The lowest BCUT2D eigenvalue weighted by molar-refractivity contribution is -0.139. The third-order valence-electron chi connectivity index (χ3n) is 3.63. The number of hydrogen-bond acceptors (Lipinski definition) is 6. The zero-order valence-electron chi connectivity index (χ0n) is 14.8. The summed E-state index contributed by atoms with van der Waals surface area (Å²) < 4.78 is 9.61. The maximum atomic E-state index is 12.3. The minimum atomic E-state index is -0.686. The molecule has 0 saturated carbocycles. The first-order chi connectivity index (χ1) is 12.5. The molecule has 0 spiro atoms. The maximum Gasteiger partial charge on any atom is 0.355 e. The fourth-order valence-electron chi connectivity index (χ4n) is 2.40. The van der Waals surface area contributed by atoms with Crippen LogP contribution in [0.15, 0.2) is 60.0 Å². The lowest BCUT2D eigenvalue weighted by atomic mass is 10.1. The van der Waals surface area contributed by atoms with Crippen LogP contribution >= 0.6 is 0 Å². The zero-order chi connectivity index (χ0) is 19.1. The largest absolute Gasteiger partial charge is 0.465 e. The number of esters is 2. The standard InChI is InChI=1S/C19H20N2O5/c1-4-20-17(22)13-8-10-14(11-9-13)21-12-6-5-7-15(18(23)25-2)16(21)19(24)26-3/h5-12H,4H2,1-3H3,(H,20,22). The van der Waals surface area contributed by atoms with Crippen LogP contribution in [0.4, 0.5) is 5.69 Å². The van der Waals surface area contributed by atoms with E-state index >= 15 is 0 Å². The second-order valence-electron chi connectivity index (χ2n) is 5.22. The highest BCUT2D eigenvalue weighted by Crippen LogP contribution is 2.26. The number of allylic oxidation sites excluding steroid dienone is 2. The highest BCUT2D eigenvalue weighted by Gasteiger charge is 2.27. The van der Waals surface area contributed by atoms with E-state index in [9.17, 15) is 14.4 Å². The van der Waals surface area contributed by atoms with Crippen LogP contribution in [0.3, 0.4) is 0 Å². The van der Waals surface area contributed by atoms with Crippen LogP contribution in [0.1, 0.15) is 17.3 Å². The van der Waals surface area contributed by atoms with Crippen molar-refractivity contribution in [3.8, 4) is 0 Å².